The van der Waals surface area contributed by atoms with E-state index in [0.29, 0.717) is 26.1 Å². The Hall–Kier alpha value is -3.02. The van der Waals surface area contributed by atoms with Gasteiger partial charge in [0.1, 0.15) is 5.82 Å². The Labute approximate surface area is 219 Å². The quantitative estimate of drug-likeness (QED) is 0.352. The highest BCUT2D eigenvalue weighted by molar-refractivity contribution is 5.72. The van der Waals surface area contributed by atoms with Gasteiger partial charge in [-0.25, -0.2) is 4.39 Å². The van der Waals surface area contributed by atoms with Gasteiger partial charge in [-0.3, -0.25) is 4.79 Å². The maximum absolute atomic E-state index is 14.6. The number of aryl methyl sites for hydroxylation is 2. The van der Waals surface area contributed by atoms with Gasteiger partial charge in [-0.15, -0.1) is 0 Å². The number of hydrogen-bond acceptors (Lipinski definition) is 3. The van der Waals surface area contributed by atoms with Gasteiger partial charge in [0.15, 0.2) is 0 Å². The van der Waals surface area contributed by atoms with Crippen LogP contribution in [-0.4, -0.2) is 29.4 Å². The second kappa shape index (κ2) is 10.8. The van der Waals surface area contributed by atoms with Crippen molar-refractivity contribution in [2.45, 2.75) is 70.8 Å². The second-order valence-electron chi connectivity index (χ2n) is 10.4. The fraction of sp³-hybridized carbons (Fsp3) is 0.406. The normalized spacial score (nSPS) is 15.5. The van der Waals surface area contributed by atoms with Gasteiger partial charge in [-0.05, 0) is 77.3 Å². The number of carbonyl (C=O) groups is 1. The number of ether oxygens (including phenoxy) is 1. The number of halogens is 1. The van der Waals surface area contributed by atoms with E-state index < -0.39 is 17.4 Å². The third-order valence-corrected chi connectivity index (χ3v) is 8.29. The maximum Gasteiger partial charge on any atom is 0.307 e. The molecule has 37 heavy (non-hydrogen) atoms. The number of aliphatic carboxylic acids is 1. The van der Waals surface area contributed by atoms with Crippen molar-refractivity contribution in [1.29, 1.82) is 0 Å². The lowest BCUT2D eigenvalue weighted by Crippen LogP contribution is -2.34. The average Bonchev–Trinajstić information content (AvgIpc) is 2.87. The molecule has 0 saturated carbocycles. The molecule has 1 saturated heterocycles. The molecule has 0 aromatic heterocycles. The molecule has 4 rings (SSSR count). The molecule has 3 aromatic carbocycles. The van der Waals surface area contributed by atoms with Crippen LogP contribution in [0.25, 0.3) is 11.1 Å². The summed E-state index contributed by atoms with van der Waals surface area (Å²) in [5.41, 5.74) is 6.38. The molecular weight excluding hydrogens is 467 g/mol. The molecular formula is C32H37FO4. The number of benzene rings is 3. The molecule has 1 fully saturated rings. The minimum atomic E-state index is -1.05. The molecule has 0 radical (unpaired) electrons. The van der Waals surface area contributed by atoms with Gasteiger partial charge in [0.25, 0.3) is 0 Å². The number of hydrogen-bond donors (Lipinski definition) is 2. The Kier molecular flexibility index (Phi) is 7.86. The van der Waals surface area contributed by atoms with Gasteiger partial charge in [0.05, 0.1) is 12.0 Å². The highest BCUT2D eigenvalue weighted by Gasteiger charge is 2.35. The molecule has 3 aromatic rings. The van der Waals surface area contributed by atoms with E-state index in [-0.39, 0.29) is 17.4 Å². The summed E-state index contributed by atoms with van der Waals surface area (Å²) >= 11 is 0. The van der Waals surface area contributed by atoms with Gasteiger partial charge >= 0.3 is 5.97 Å². The Morgan fingerprint density at radius 1 is 0.946 bits per heavy atom. The van der Waals surface area contributed by atoms with Crippen LogP contribution in [0.4, 0.5) is 4.39 Å². The Morgan fingerprint density at radius 2 is 1.57 bits per heavy atom. The van der Waals surface area contributed by atoms with E-state index in [1.165, 1.54) is 17.2 Å². The van der Waals surface area contributed by atoms with Crippen LogP contribution in [0.3, 0.4) is 0 Å². The number of carboxylic acid groups (broad SMARTS) is 1. The van der Waals surface area contributed by atoms with Crippen molar-refractivity contribution in [2.75, 3.05) is 13.2 Å². The molecule has 4 nitrogen and oxygen atoms in total. The zero-order chi connectivity index (χ0) is 26.8. The van der Waals surface area contributed by atoms with Crippen LogP contribution in [0.1, 0.15) is 72.9 Å². The highest BCUT2D eigenvalue weighted by atomic mass is 19.1. The van der Waals surface area contributed by atoms with E-state index in [0.717, 1.165) is 40.7 Å². The first-order valence-corrected chi connectivity index (χ1v) is 13.2. The molecule has 0 atom stereocenters. The minimum absolute atomic E-state index is 0.186. The Balaban J connectivity index is 1.70. The molecule has 0 unspecified atom stereocenters. The summed E-state index contributed by atoms with van der Waals surface area (Å²) in [7, 11) is 0. The van der Waals surface area contributed by atoms with E-state index in [1.807, 2.05) is 13.0 Å². The van der Waals surface area contributed by atoms with E-state index >= 15 is 0 Å². The summed E-state index contributed by atoms with van der Waals surface area (Å²) in [6.45, 7) is 9.68. The van der Waals surface area contributed by atoms with Gasteiger partial charge in [-0.2, -0.15) is 0 Å². The molecule has 0 amide bonds. The lowest BCUT2D eigenvalue weighted by molar-refractivity contribution is -0.136. The molecule has 196 valence electrons. The van der Waals surface area contributed by atoms with Gasteiger partial charge < -0.3 is 14.9 Å². The van der Waals surface area contributed by atoms with Crippen LogP contribution in [-0.2, 0) is 27.0 Å². The first kappa shape index (κ1) is 27.0. The van der Waals surface area contributed by atoms with E-state index in [9.17, 15) is 14.3 Å². The predicted molar refractivity (Wildman–Crippen MR) is 144 cm³/mol. The monoisotopic (exact) mass is 504 g/mol. The van der Waals surface area contributed by atoms with Crippen molar-refractivity contribution in [1.82, 2.24) is 0 Å². The SMILES string of the molecule is CCC(CC)(c1ccc(-c2ccc(CC(=O)O)c(F)c2)c(C)c1)c1ccc(C2(O)CCOCC2)c(C)c1. The molecule has 0 spiro atoms. The van der Waals surface area contributed by atoms with Crippen LogP contribution >= 0.6 is 0 Å². The molecule has 2 N–H and O–H groups in total. The maximum atomic E-state index is 14.6. The Morgan fingerprint density at radius 3 is 2.11 bits per heavy atom. The van der Waals surface area contributed by atoms with Gasteiger partial charge in [0.2, 0.25) is 0 Å². The molecule has 1 aliphatic heterocycles. The molecule has 1 aliphatic rings. The van der Waals surface area contributed by atoms with Crippen LogP contribution in [0.5, 0.6) is 0 Å². The molecule has 1 heterocycles. The van der Waals surface area contributed by atoms with Crippen LogP contribution in [0.15, 0.2) is 54.6 Å². The van der Waals surface area contributed by atoms with Crippen LogP contribution in [0, 0.1) is 19.7 Å². The number of carboxylic acids is 1. The first-order chi connectivity index (χ1) is 17.6. The van der Waals surface area contributed by atoms with Crippen molar-refractivity contribution >= 4 is 5.97 Å². The largest absolute Gasteiger partial charge is 0.481 e. The minimum Gasteiger partial charge on any atom is -0.481 e. The van der Waals surface area contributed by atoms with Gasteiger partial charge in [-0.1, -0.05) is 62.4 Å². The zero-order valence-electron chi connectivity index (χ0n) is 22.2. The standard InChI is InChI=1S/C32H37FO4/c1-5-31(6-2,26-10-12-28(22(4)18-26)32(36)13-15-37-16-14-32)25-9-11-27(21(3)17-25)23-7-8-24(20-30(34)35)29(33)19-23/h7-12,17-19,36H,5-6,13-16,20H2,1-4H3,(H,34,35). The van der Waals surface area contributed by atoms with Gasteiger partial charge in [0, 0.05) is 31.5 Å². The predicted octanol–water partition coefficient (Wildman–Crippen LogP) is 6.84. The van der Waals surface area contributed by atoms with E-state index in [1.54, 1.807) is 12.1 Å². The summed E-state index contributed by atoms with van der Waals surface area (Å²) in [6.07, 6.45) is 2.72. The molecule has 5 heteroatoms. The number of aliphatic hydroxyl groups is 1. The van der Waals surface area contributed by atoms with Crippen LogP contribution < -0.4 is 0 Å². The first-order valence-electron chi connectivity index (χ1n) is 13.2. The summed E-state index contributed by atoms with van der Waals surface area (Å²) in [6, 6.07) is 17.6. The van der Waals surface area contributed by atoms with Crippen molar-refractivity contribution in [3.63, 3.8) is 0 Å². The fourth-order valence-electron chi connectivity index (χ4n) is 6.00. The Bertz CT molecular complexity index is 1290. The zero-order valence-corrected chi connectivity index (χ0v) is 22.2. The van der Waals surface area contributed by atoms with E-state index in [4.69, 9.17) is 9.84 Å². The molecule has 0 aliphatic carbocycles. The van der Waals surface area contributed by atoms with Crippen LogP contribution in [0.2, 0.25) is 0 Å². The fourth-order valence-corrected chi connectivity index (χ4v) is 6.00. The lowest BCUT2D eigenvalue weighted by Gasteiger charge is -2.37. The van der Waals surface area contributed by atoms with Crippen molar-refractivity contribution in [3.05, 3.63) is 93.8 Å². The smallest absolute Gasteiger partial charge is 0.307 e. The summed E-state index contributed by atoms with van der Waals surface area (Å²) in [5.74, 6) is -1.55. The molecule has 0 bridgehead atoms. The van der Waals surface area contributed by atoms with Crippen molar-refractivity contribution in [3.8, 4) is 11.1 Å². The lowest BCUT2D eigenvalue weighted by atomic mass is 9.69. The van der Waals surface area contributed by atoms with Crippen molar-refractivity contribution < 1.29 is 24.1 Å². The average molecular weight is 505 g/mol. The third-order valence-electron chi connectivity index (χ3n) is 8.29. The summed E-state index contributed by atoms with van der Waals surface area (Å²) in [5, 5.41) is 20.3. The van der Waals surface area contributed by atoms with Crippen molar-refractivity contribution in [2.24, 2.45) is 0 Å². The van der Waals surface area contributed by atoms with E-state index in [2.05, 4.69) is 51.1 Å². The number of rotatable bonds is 8. The topological polar surface area (TPSA) is 66.8 Å². The third kappa shape index (κ3) is 5.21. The summed E-state index contributed by atoms with van der Waals surface area (Å²) < 4.78 is 20.0. The second-order valence-corrected chi connectivity index (χ2v) is 10.4. The summed E-state index contributed by atoms with van der Waals surface area (Å²) in [4.78, 5) is 11.0. The highest BCUT2D eigenvalue weighted by Crippen LogP contribution is 2.43.